The van der Waals surface area contributed by atoms with Gasteiger partial charge in [-0.05, 0) is 19.1 Å². The van der Waals surface area contributed by atoms with Gasteiger partial charge in [0.25, 0.3) is 0 Å². The van der Waals surface area contributed by atoms with E-state index >= 15 is 0 Å². The maximum Gasteiger partial charge on any atom is 0.234 e. The Labute approximate surface area is 102 Å². The third kappa shape index (κ3) is 5.42. The summed E-state index contributed by atoms with van der Waals surface area (Å²) in [5.41, 5.74) is 0.928. The van der Waals surface area contributed by atoms with Crippen LogP contribution in [0.2, 0.25) is 0 Å². The largest absolute Gasteiger partial charge is 0.383 e. The molecule has 0 radical (unpaired) electrons. The fourth-order valence-corrected chi connectivity index (χ4v) is 1.34. The van der Waals surface area contributed by atoms with E-state index in [-0.39, 0.29) is 18.5 Å². The van der Waals surface area contributed by atoms with Gasteiger partial charge in [0.05, 0.1) is 18.8 Å². The smallest absolute Gasteiger partial charge is 0.234 e. The fourth-order valence-electron chi connectivity index (χ4n) is 1.34. The van der Waals surface area contributed by atoms with Gasteiger partial charge in [-0.1, -0.05) is 6.07 Å². The summed E-state index contributed by atoms with van der Waals surface area (Å²) in [6, 6.07) is 5.79. The average Bonchev–Trinajstić information content (AvgIpc) is 2.37. The SMILES string of the molecule is COCCNC(=O)CN[C@@H](C)c1ccccn1. The molecule has 0 aliphatic carbocycles. The Kier molecular flexibility index (Phi) is 6.21. The van der Waals surface area contributed by atoms with E-state index in [9.17, 15) is 4.79 Å². The number of methoxy groups -OCH3 is 1. The lowest BCUT2D eigenvalue weighted by molar-refractivity contribution is -0.120. The highest BCUT2D eigenvalue weighted by Gasteiger charge is 2.07. The molecule has 1 aromatic heterocycles. The van der Waals surface area contributed by atoms with Crippen LogP contribution in [0.4, 0.5) is 0 Å². The zero-order valence-electron chi connectivity index (χ0n) is 10.3. The summed E-state index contributed by atoms with van der Waals surface area (Å²) in [7, 11) is 1.60. The highest BCUT2D eigenvalue weighted by molar-refractivity contribution is 5.77. The Morgan fingerprint density at radius 2 is 2.35 bits per heavy atom. The molecule has 0 fully saturated rings. The molecule has 0 aliphatic heterocycles. The Morgan fingerprint density at radius 1 is 1.53 bits per heavy atom. The van der Waals surface area contributed by atoms with Crippen LogP contribution in [0.1, 0.15) is 18.7 Å². The van der Waals surface area contributed by atoms with E-state index in [1.807, 2.05) is 25.1 Å². The molecule has 0 aliphatic rings. The summed E-state index contributed by atoms with van der Waals surface area (Å²) in [4.78, 5) is 15.6. The number of amides is 1. The number of ether oxygens (including phenoxy) is 1. The molecule has 0 unspecified atom stereocenters. The average molecular weight is 237 g/mol. The van der Waals surface area contributed by atoms with Crippen LogP contribution in [0.25, 0.3) is 0 Å². The fraction of sp³-hybridized carbons (Fsp3) is 0.500. The molecule has 1 rings (SSSR count). The first kappa shape index (κ1) is 13.6. The molecule has 5 nitrogen and oxygen atoms in total. The van der Waals surface area contributed by atoms with Crippen LogP contribution in [0.15, 0.2) is 24.4 Å². The van der Waals surface area contributed by atoms with Crippen molar-refractivity contribution in [3.63, 3.8) is 0 Å². The standard InChI is InChI=1S/C12H19N3O2/c1-10(11-5-3-4-6-13-11)15-9-12(16)14-7-8-17-2/h3-6,10,15H,7-9H2,1-2H3,(H,14,16)/t10-/m0/s1. The first-order valence-electron chi connectivity index (χ1n) is 5.64. The molecule has 1 atom stereocenters. The number of carbonyl (C=O) groups excluding carboxylic acids is 1. The third-order valence-corrected chi connectivity index (χ3v) is 2.33. The highest BCUT2D eigenvalue weighted by Crippen LogP contribution is 2.06. The van der Waals surface area contributed by atoms with Gasteiger partial charge in [-0.15, -0.1) is 0 Å². The molecule has 2 N–H and O–H groups in total. The van der Waals surface area contributed by atoms with Gasteiger partial charge in [-0.2, -0.15) is 0 Å². The van der Waals surface area contributed by atoms with Crippen LogP contribution >= 0.6 is 0 Å². The second-order valence-electron chi connectivity index (χ2n) is 3.70. The summed E-state index contributed by atoms with van der Waals surface area (Å²) < 4.78 is 4.84. The number of rotatable bonds is 7. The van der Waals surface area contributed by atoms with E-state index in [2.05, 4.69) is 15.6 Å². The van der Waals surface area contributed by atoms with Crippen molar-refractivity contribution in [1.29, 1.82) is 0 Å². The number of nitrogens with zero attached hydrogens (tertiary/aromatic N) is 1. The minimum absolute atomic E-state index is 0.0372. The van der Waals surface area contributed by atoms with Crippen LogP contribution in [0, 0.1) is 0 Å². The van der Waals surface area contributed by atoms with Gasteiger partial charge >= 0.3 is 0 Å². The van der Waals surface area contributed by atoms with E-state index in [0.717, 1.165) is 5.69 Å². The van der Waals surface area contributed by atoms with Crippen molar-refractivity contribution in [3.8, 4) is 0 Å². The van der Waals surface area contributed by atoms with Gasteiger partial charge in [0.1, 0.15) is 0 Å². The topological polar surface area (TPSA) is 63.2 Å². The number of aromatic nitrogens is 1. The molecule has 17 heavy (non-hydrogen) atoms. The maximum atomic E-state index is 11.4. The van der Waals surface area contributed by atoms with Crippen molar-refractivity contribution in [2.45, 2.75) is 13.0 Å². The molecule has 0 aromatic carbocycles. The van der Waals surface area contributed by atoms with E-state index in [1.54, 1.807) is 13.3 Å². The van der Waals surface area contributed by atoms with Crippen LogP contribution in [-0.2, 0) is 9.53 Å². The van der Waals surface area contributed by atoms with E-state index in [1.165, 1.54) is 0 Å². The number of hydrogen-bond donors (Lipinski definition) is 2. The van der Waals surface area contributed by atoms with Gasteiger partial charge in [0.2, 0.25) is 5.91 Å². The zero-order chi connectivity index (χ0) is 12.5. The van der Waals surface area contributed by atoms with Crippen molar-refractivity contribution in [1.82, 2.24) is 15.6 Å². The molecule has 1 amide bonds. The Bertz CT molecular complexity index is 330. The maximum absolute atomic E-state index is 11.4. The minimum Gasteiger partial charge on any atom is -0.383 e. The van der Waals surface area contributed by atoms with E-state index < -0.39 is 0 Å². The lowest BCUT2D eigenvalue weighted by atomic mass is 10.2. The minimum atomic E-state index is -0.0372. The molecule has 0 spiro atoms. The lowest BCUT2D eigenvalue weighted by Crippen LogP contribution is -2.36. The summed E-state index contributed by atoms with van der Waals surface area (Å²) in [5, 5.41) is 5.85. The van der Waals surface area contributed by atoms with Gasteiger partial charge < -0.3 is 15.4 Å². The Morgan fingerprint density at radius 3 is 3.00 bits per heavy atom. The summed E-state index contributed by atoms with van der Waals surface area (Å²) in [5.74, 6) is -0.0372. The summed E-state index contributed by atoms with van der Waals surface area (Å²) >= 11 is 0. The molecule has 94 valence electrons. The first-order valence-corrected chi connectivity index (χ1v) is 5.64. The molecule has 0 saturated heterocycles. The van der Waals surface area contributed by atoms with Crippen molar-refractivity contribution in [3.05, 3.63) is 30.1 Å². The molecule has 1 heterocycles. The quantitative estimate of drug-likeness (QED) is 0.678. The number of carbonyl (C=O) groups is 1. The Balaban J connectivity index is 2.24. The van der Waals surface area contributed by atoms with Crippen LogP contribution in [-0.4, -0.2) is 37.7 Å². The second-order valence-corrected chi connectivity index (χ2v) is 3.70. The number of pyridine rings is 1. The normalized spacial score (nSPS) is 12.1. The van der Waals surface area contributed by atoms with E-state index in [0.29, 0.717) is 13.2 Å². The molecule has 5 heteroatoms. The summed E-state index contributed by atoms with van der Waals surface area (Å²) in [6.45, 7) is 3.32. The van der Waals surface area contributed by atoms with Gasteiger partial charge in [-0.25, -0.2) is 0 Å². The number of nitrogens with one attached hydrogen (secondary N) is 2. The monoisotopic (exact) mass is 237 g/mol. The van der Waals surface area contributed by atoms with Crippen LogP contribution in [0.5, 0.6) is 0 Å². The molecular weight excluding hydrogens is 218 g/mol. The van der Waals surface area contributed by atoms with E-state index in [4.69, 9.17) is 4.74 Å². The summed E-state index contributed by atoms with van der Waals surface area (Å²) in [6.07, 6.45) is 1.74. The second kappa shape index (κ2) is 7.76. The lowest BCUT2D eigenvalue weighted by Gasteiger charge is -2.12. The molecular formula is C12H19N3O2. The third-order valence-electron chi connectivity index (χ3n) is 2.33. The molecule has 0 saturated carbocycles. The predicted octanol–water partition coefficient (Wildman–Crippen LogP) is 0.495. The van der Waals surface area contributed by atoms with Gasteiger partial charge in [0.15, 0.2) is 0 Å². The predicted molar refractivity (Wildman–Crippen MR) is 65.5 cm³/mol. The van der Waals surface area contributed by atoms with Crippen molar-refractivity contribution < 1.29 is 9.53 Å². The van der Waals surface area contributed by atoms with Crippen LogP contribution in [0.3, 0.4) is 0 Å². The van der Waals surface area contributed by atoms with Crippen LogP contribution < -0.4 is 10.6 Å². The molecule has 1 aromatic rings. The Hall–Kier alpha value is -1.46. The highest BCUT2D eigenvalue weighted by atomic mass is 16.5. The van der Waals surface area contributed by atoms with Crippen molar-refractivity contribution in [2.24, 2.45) is 0 Å². The van der Waals surface area contributed by atoms with Gasteiger partial charge in [-0.3, -0.25) is 9.78 Å². The first-order chi connectivity index (χ1) is 8.24. The molecule has 0 bridgehead atoms. The van der Waals surface area contributed by atoms with Gasteiger partial charge in [0, 0.05) is 25.9 Å². The van der Waals surface area contributed by atoms with Crippen molar-refractivity contribution in [2.75, 3.05) is 26.8 Å². The zero-order valence-corrected chi connectivity index (χ0v) is 10.3. The number of hydrogen-bond acceptors (Lipinski definition) is 4. The van der Waals surface area contributed by atoms with Crippen molar-refractivity contribution >= 4 is 5.91 Å².